The predicted octanol–water partition coefficient (Wildman–Crippen LogP) is 7.15. The Morgan fingerprint density at radius 2 is 1.48 bits per heavy atom. The predicted molar refractivity (Wildman–Crippen MR) is 183 cm³/mol. The van der Waals surface area contributed by atoms with Crippen molar-refractivity contribution >= 4 is 26.9 Å². The van der Waals surface area contributed by atoms with Crippen molar-refractivity contribution in [3.8, 4) is 0 Å². The summed E-state index contributed by atoms with van der Waals surface area (Å²) in [5, 5.41) is 1.69. The number of carbonyl (C=O) groups is 1. The lowest BCUT2D eigenvalue weighted by Crippen LogP contribution is -2.48. The second-order valence-electron chi connectivity index (χ2n) is 12.8. The van der Waals surface area contributed by atoms with E-state index in [1.54, 1.807) is 17.4 Å². The van der Waals surface area contributed by atoms with E-state index in [9.17, 15) is 13.2 Å². The molecule has 4 aromatic rings. The van der Waals surface area contributed by atoms with Crippen LogP contribution in [0.2, 0.25) is 0 Å². The molecule has 1 saturated carbocycles. The average Bonchev–Trinajstić information content (AvgIpc) is 3.52. The third-order valence-corrected chi connectivity index (χ3v) is 12.1. The van der Waals surface area contributed by atoms with E-state index in [4.69, 9.17) is 4.74 Å². The van der Waals surface area contributed by atoms with Gasteiger partial charge < -0.3 is 14.5 Å². The van der Waals surface area contributed by atoms with Gasteiger partial charge in [-0.1, -0.05) is 97.1 Å². The minimum absolute atomic E-state index is 0.0910. The topological polar surface area (TPSA) is 70.2 Å². The summed E-state index contributed by atoms with van der Waals surface area (Å²) in [6.07, 6.45) is 3.16. The van der Waals surface area contributed by atoms with Crippen LogP contribution in [0.15, 0.2) is 108 Å². The molecule has 1 aliphatic carbocycles. The fourth-order valence-electron chi connectivity index (χ4n) is 7.56. The highest BCUT2D eigenvalue weighted by atomic mass is 32.2. The van der Waals surface area contributed by atoms with Gasteiger partial charge in [-0.25, -0.2) is 13.2 Å². The molecule has 1 heterocycles. The van der Waals surface area contributed by atoms with E-state index in [2.05, 4.69) is 29.2 Å². The SMILES string of the molecule is CCN(C(=O)OCc1ccccc1)C1CCN(C[C@H]2CC(N(C)S(=O)(=O)c3cccc4ccccc34)C[C@@H]2c2ccccc2)CC1. The standard InChI is InChI=1S/C38H45N3O4S/c1-3-41(38(42)45-28-29-13-6-4-7-14-29)33-21-23-40(24-22-33)27-32-25-34(26-36(32)31-15-8-5-9-16-31)39(2)46(43,44)37-20-12-18-30-17-10-11-19-35(30)37/h4-20,32-34,36H,3,21-28H2,1-2H3/t32-,34?,36-/m1/s1. The molecule has 46 heavy (non-hydrogen) atoms. The van der Waals surface area contributed by atoms with Gasteiger partial charge >= 0.3 is 6.09 Å². The molecule has 6 rings (SSSR count). The number of likely N-dealkylation sites (tertiary alicyclic amines) is 1. The average molecular weight is 640 g/mol. The molecule has 242 valence electrons. The van der Waals surface area contributed by atoms with Crippen molar-refractivity contribution in [1.29, 1.82) is 0 Å². The fraction of sp³-hybridized carbons (Fsp3) is 0.395. The van der Waals surface area contributed by atoms with Crippen LogP contribution in [-0.4, -0.2) is 73.9 Å². The van der Waals surface area contributed by atoms with Crippen LogP contribution >= 0.6 is 0 Å². The number of ether oxygens (including phenoxy) is 1. The molecule has 0 spiro atoms. The molecule has 1 unspecified atom stereocenters. The van der Waals surface area contributed by atoms with Gasteiger partial charge in [-0.3, -0.25) is 0 Å². The van der Waals surface area contributed by atoms with Crippen LogP contribution in [-0.2, 0) is 21.4 Å². The van der Waals surface area contributed by atoms with Crippen molar-refractivity contribution in [2.24, 2.45) is 5.92 Å². The lowest BCUT2D eigenvalue weighted by Gasteiger charge is -2.39. The summed E-state index contributed by atoms with van der Waals surface area (Å²) < 4.78 is 35.4. The molecule has 1 amide bonds. The third kappa shape index (κ3) is 6.99. The highest BCUT2D eigenvalue weighted by Crippen LogP contribution is 2.44. The van der Waals surface area contributed by atoms with E-state index in [0.717, 1.165) is 61.7 Å². The van der Waals surface area contributed by atoms with Crippen LogP contribution < -0.4 is 0 Å². The van der Waals surface area contributed by atoms with Gasteiger partial charge in [0.15, 0.2) is 0 Å². The summed E-state index contributed by atoms with van der Waals surface area (Å²) in [5.74, 6) is 0.599. The first-order valence-corrected chi connectivity index (χ1v) is 18.0. The van der Waals surface area contributed by atoms with Crippen molar-refractivity contribution in [3.63, 3.8) is 0 Å². The lowest BCUT2D eigenvalue weighted by atomic mass is 9.88. The molecule has 0 radical (unpaired) electrons. The largest absolute Gasteiger partial charge is 0.445 e. The van der Waals surface area contributed by atoms with E-state index in [1.807, 2.05) is 84.6 Å². The number of rotatable bonds is 10. The highest BCUT2D eigenvalue weighted by molar-refractivity contribution is 7.89. The Hall–Kier alpha value is -3.72. The Morgan fingerprint density at radius 3 is 2.20 bits per heavy atom. The van der Waals surface area contributed by atoms with Gasteiger partial charge in [0.25, 0.3) is 0 Å². The lowest BCUT2D eigenvalue weighted by molar-refractivity contribution is 0.0601. The van der Waals surface area contributed by atoms with Gasteiger partial charge in [0, 0.05) is 50.7 Å². The van der Waals surface area contributed by atoms with Crippen LogP contribution in [0, 0.1) is 5.92 Å². The molecule has 0 N–H and O–H groups in total. The van der Waals surface area contributed by atoms with Crippen LogP contribution in [0.3, 0.4) is 0 Å². The molecular formula is C38H45N3O4S. The number of sulfonamides is 1. The fourth-order valence-corrected chi connectivity index (χ4v) is 9.15. The molecule has 3 atom stereocenters. The van der Waals surface area contributed by atoms with Gasteiger partial charge in [-0.15, -0.1) is 0 Å². The number of hydrogen-bond donors (Lipinski definition) is 0. The monoisotopic (exact) mass is 639 g/mol. The maximum Gasteiger partial charge on any atom is 0.410 e. The number of amides is 1. The minimum atomic E-state index is -3.69. The molecule has 8 heteroatoms. The normalized spacial score (nSPS) is 21.1. The maximum atomic E-state index is 14.1. The Morgan fingerprint density at radius 1 is 0.826 bits per heavy atom. The first-order chi connectivity index (χ1) is 22.3. The Kier molecular flexibility index (Phi) is 10.1. The first-order valence-electron chi connectivity index (χ1n) is 16.6. The summed E-state index contributed by atoms with van der Waals surface area (Å²) in [6, 6.07) is 33.7. The van der Waals surface area contributed by atoms with E-state index in [-0.39, 0.29) is 30.7 Å². The molecule has 2 fully saturated rings. The highest BCUT2D eigenvalue weighted by Gasteiger charge is 2.42. The Balaban J connectivity index is 1.12. The van der Waals surface area contributed by atoms with Gasteiger partial charge in [-0.05, 0) is 67.0 Å². The second kappa shape index (κ2) is 14.4. The van der Waals surface area contributed by atoms with Gasteiger partial charge in [0.05, 0.1) is 4.90 Å². The number of piperidine rings is 1. The maximum absolute atomic E-state index is 14.1. The number of nitrogens with zero attached hydrogens (tertiary/aromatic N) is 3. The molecule has 0 bridgehead atoms. The van der Waals surface area contributed by atoms with Crippen LogP contribution in [0.4, 0.5) is 4.79 Å². The number of fused-ring (bicyclic) bond motifs is 1. The minimum Gasteiger partial charge on any atom is -0.445 e. The van der Waals surface area contributed by atoms with Gasteiger partial charge in [0.2, 0.25) is 10.0 Å². The molecule has 1 saturated heterocycles. The zero-order valence-corrected chi connectivity index (χ0v) is 27.7. The van der Waals surface area contributed by atoms with E-state index in [0.29, 0.717) is 17.4 Å². The van der Waals surface area contributed by atoms with Gasteiger partial charge in [-0.2, -0.15) is 4.31 Å². The zero-order valence-electron chi connectivity index (χ0n) is 26.9. The summed E-state index contributed by atoms with van der Waals surface area (Å²) in [4.78, 5) is 17.8. The van der Waals surface area contributed by atoms with Crippen molar-refractivity contribution < 1.29 is 17.9 Å². The molecular weight excluding hydrogens is 595 g/mol. The smallest absolute Gasteiger partial charge is 0.410 e. The summed E-state index contributed by atoms with van der Waals surface area (Å²) in [6.45, 7) is 5.64. The van der Waals surface area contributed by atoms with Crippen molar-refractivity contribution in [1.82, 2.24) is 14.1 Å². The summed E-state index contributed by atoms with van der Waals surface area (Å²) in [7, 11) is -1.93. The molecule has 1 aliphatic heterocycles. The second-order valence-corrected chi connectivity index (χ2v) is 14.7. The first kappa shape index (κ1) is 32.2. The van der Waals surface area contributed by atoms with Crippen LogP contribution in [0.5, 0.6) is 0 Å². The molecule has 0 aromatic heterocycles. The van der Waals surface area contributed by atoms with Gasteiger partial charge in [0.1, 0.15) is 6.61 Å². The van der Waals surface area contributed by atoms with Crippen molar-refractivity contribution in [2.75, 3.05) is 33.2 Å². The van der Waals surface area contributed by atoms with Crippen LogP contribution in [0.25, 0.3) is 10.8 Å². The molecule has 4 aromatic carbocycles. The third-order valence-electron chi connectivity index (χ3n) is 10.1. The van der Waals surface area contributed by atoms with E-state index < -0.39 is 10.0 Å². The number of benzene rings is 4. The van der Waals surface area contributed by atoms with Crippen LogP contribution in [0.1, 0.15) is 49.7 Å². The number of hydrogen-bond acceptors (Lipinski definition) is 5. The Labute approximate surface area is 273 Å². The van der Waals surface area contributed by atoms with E-state index in [1.165, 1.54) is 5.56 Å². The van der Waals surface area contributed by atoms with E-state index >= 15 is 0 Å². The summed E-state index contributed by atoms with van der Waals surface area (Å²) >= 11 is 0. The number of carbonyl (C=O) groups excluding carboxylic acids is 1. The zero-order chi connectivity index (χ0) is 32.1. The van der Waals surface area contributed by atoms with Crippen molar-refractivity contribution in [2.45, 2.75) is 62.1 Å². The summed E-state index contributed by atoms with van der Waals surface area (Å²) in [5.41, 5.74) is 2.26. The molecule has 7 nitrogen and oxygen atoms in total. The quantitative estimate of drug-likeness (QED) is 0.184. The van der Waals surface area contributed by atoms with Crippen molar-refractivity contribution in [3.05, 3.63) is 114 Å². The molecule has 2 aliphatic rings. The Bertz CT molecular complexity index is 1700.